The second kappa shape index (κ2) is 4.84. The predicted octanol–water partition coefficient (Wildman–Crippen LogP) is 0.905. The van der Waals surface area contributed by atoms with Gasteiger partial charge in [-0.1, -0.05) is 12.1 Å². The van der Waals surface area contributed by atoms with Crippen LogP contribution in [0, 0.1) is 0 Å². The number of nitrogens with two attached hydrogens (primary N) is 1. The van der Waals surface area contributed by atoms with E-state index in [1.165, 1.54) is 0 Å². The lowest BCUT2D eigenvalue weighted by molar-refractivity contribution is 0.280. The molecule has 0 bridgehead atoms. The van der Waals surface area contributed by atoms with Gasteiger partial charge in [0.2, 0.25) is 0 Å². The van der Waals surface area contributed by atoms with E-state index in [0.29, 0.717) is 6.61 Å². The number of aliphatic hydroxyl groups is 1. The van der Waals surface area contributed by atoms with Crippen LogP contribution in [0.5, 0.6) is 5.75 Å². The molecule has 1 aromatic rings. The molecule has 0 aliphatic carbocycles. The van der Waals surface area contributed by atoms with Crippen LogP contribution in [0.25, 0.3) is 0 Å². The number of hydrogen-bond donors (Lipinski definition) is 2. The molecule has 3 nitrogen and oxygen atoms in total. The lowest BCUT2D eigenvalue weighted by atomic mass is 10.2. The van der Waals surface area contributed by atoms with Crippen molar-refractivity contribution in [2.75, 3.05) is 6.61 Å². The van der Waals surface area contributed by atoms with Crippen LogP contribution in [0.2, 0.25) is 0 Å². The van der Waals surface area contributed by atoms with Crippen LogP contribution in [-0.2, 0) is 6.61 Å². The van der Waals surface area contributed by atoms with E-state index >= 15 is 0 Å². The predicted molar refractivity (Wildman–Crippen MR) is 51.5 cm³/mol. The quantitative estimate of drug-likeness (QED) is 0.725. The fourth-order valence-electron chi connectivity index (χ4n) is 0.919. The molecule has 3 heteroatoms. The molecule has 1 atom stereocenters. The molecule has 13 heavy (non-hydrogen) atoms. The van der Waals surface area contributed by atoms with Gasteiger partial charge in [-0.2, -0.15) is 0 Å². The first kappa shape index (κ1) is 10.0. The molecule has 0 saturated carbocycles. The van der Waals surface area contributed by atoms with Gasteiger partial charge >= 0.3 is 0 Å². The van der Waals surface area contributed by atoms with Crippen LogP contribution in [0.1, 0.15) is 12.5 Å². The molecule has 0 spiro atoms. The monoisotopic (exact) mass is 181 g/mol. The Bertz CT molecular complexity index is 244. The van der Waals surface area contributed by atoms with E-state index in [-0.39, 0.29) is 12.6 Å². The van der Waals surface area contributed by atoms with Gasteiger partial charge in [-0.3, -0.25) is 0 Å². The first-order chi connectivity index (χ1) is 6.22. The minimum atomic E-state index is 0.0394. The van der Waals surface area contributed by atoms with Crippen molar-refractivity contribution < 1.29 is 9.84 Å². The minimum absolute atomic E-state index is 0.0394. The molecule has 0 amide bonds. The van der Waals surface area contributed by atoms with E-state index in [4.69, 9.17) is 15.6 Å². The molecule has 0 heterocycles. The Hall–Kier alpha value is -1.06. The molecule has 0 aliphatic heterocycles. The maximum Gasteiger partial charge on any atom is 0.119 e. The van der Waals surface area contributed by atoms with E-state index in [2.05, 4.69) is 0 Å². The van der Waals surface area contributed by atoms with E-state index in [1.807, 2.05) is 31.2 Å². The zero-order valence-corrected chi connectivity index (χ0v) is 7.73. The Balaban J connectivity index is 2.49. The SMILES string of the molecule is CC(N)COc1ccc(CO)cc1. The Morgan fingerprint density at radius 1 is 1.38 bits per heavy atom. The molecular formula is C10H15NO2. The molecule has 0 aromatic heterocycles. The Morgan fingerprint density at radius 2 is 2.00 bits per heavy atom. The van der Waals surface area contributed by atoms with E-state index in [1.54, 1.807) is 0 Å². The van der Waals surface area contributed by atoms with Crippen molar-refractivity contribution in [3.8, 4) is 5.75 Å². The van der Waals surface area contributed by atoms with Crippen LogP contribution >= 0.6 is 0 Å². The summed E-state index contributed by atoms with van der Waals surface area (Å²) in [6.45, 7) is 2.47. The normalized spacial score (nSPS) is 12.5. The van der Waals surface area contributed by atoms with Crippen molar-refractivity contribution in [2.45, 2.75) is 19.6 Å². The number of aliphatic hydroxyl groups excluding tert-OH is 1. The highest BCUT2D eigenvalue weighted by atomic mass is 16.5. The summed E-state index contributed by atoms with van der Waals surface area (Å²) in [5, 5.41) is 8.79. The topological polar surface area (TPSA) is 55.5 Å². The van der Waals surface area contributed by atoms with Gasteiger partial charge in [0, 0.05) is 6.04 Å². The highest BCUT2D eigenvalue weighted by Crippen LogP contribution is 2.11. The average molecular weight is 181 g/mol. The molecule has 0 saturated heterocycles. The summed E-state index contributed by atoms with van der Waals surface area (Å²) in [4.78, 5) is 0. The third kappa shape index (κ3) is 3.44. The summed E-state index contributed by atoms with van der Waals surface area (Å²) in [6, 6.07) is 7.35. The van der Waals surface area contributed by atoms with Gasteiger partial charge in [0.15, 0.2) is 0 Å². The molecule has 72 valence electrons. The fraction of sp³-hybridized carbons (Fsp3) is 0.400. The van der Waals surface area contributed by atoms with Crippen molar-refractivity contribution in [3.63, 3.8) is 0 Å². The lowest BCUT2D eigenvalue weighted by Gasteiger charge is -2.08. The molecule has 0 fully saturated rings. The highest BCUT2D eigenvalue weighted by molar-refractivity contribution is 5.26. The summed E-state index contributed by atoms with van der Waals surface area (Å²) in [6.07, 6.45) is 0. The van der Waals surface area contributed by atoms with Gasteiger partial charge in [-0.05, 0) is 24.6 Å². The minimum Gasteiger partial charge on any atom is -0.492 e. The van der Waals surface area contributed by atoms with Crippen molar-refractivity contribution in [3.05, 3.63) is 29.8 Å². The van der Waals surface area contributed by atoms with Crippen molar-refractivity contribution in [1.29, 1.82) is 0 Å². The second-order valence-corrected chi connectivity index (χ2v) is 3.09. The van der Waals surface area contributed by atoms with Crippen molar-refractivity contribution in [1.82, 2.24) is 0 Å². The summed E-state index contributed by atoms with van der Waals surface area (Å²) in [5.41, 5.74) is 6.41. The standard InChI is InChI=1S/C10H15NO2/c1-8(11)7-13-10-4-2-9(6-12)3-5-10/h2-5,8,12H,6-7,11H2,1H3. The van der Waals surface area contributed by atoms with Gasteiger partial charge in [0.25, 0.3) is 0 Å². The molecule has 0 radical (unpaired) electrons. The number of hydrogen-bond acceptors (Lipinski definition) is 3. The second-order valence-electron chi connectivity index (χ2n) is 3.09. The van der Waals surface area contributed by atoms with Crippen molar-refractivity contribution in [2.24, 2.45) is 5.73 Å². The van der Waals surface area contributed by atoms with Crippen LogP contribution < -0.4 is 10.5 Å². The Kier molecular flexibility index (Phi) is 3.73. The molecule has 1 aromatic carbocycles. The van der Waals surface area contributed by atoms with Crippen LogP contribution in [-0.4, -0.2) is 17.8 Å². The molecule has 1 rings (SSSR count). The first-order valence-electron chi connectivity index (χ1n) is 4.30. The van der Waals surface area contributed by atoms with Crippen LogP contribution in [0.4, 0.5) is 0 Å². The number of ether oxygens (including phenoxy) is 1. The van der Waals surface area contributed by atoms with Gasteiger partial charge in [-0.15, -0.1) is 0 Å². The molecule has 0 aliphatic rings. The fourth-order valence-corrected chi connectivity index (χ4v) is 0.919. The third-order valence-electron chi connectivity index (χ3n) is 1.62. The Morgan fingerprint density at radius 3 is 2.46 bits per heavy atom. The van der Waals surface area contributed by atoms with Crippen molar-refractivity contribution >= 4 is 0 Å². The summed E-state index contributed by atoms with van der Waals surface area (Å²) in [5.74, 6) is 0.787. The molecular weight excluding hydrogens is 166 g/mol. The third-order valence-corrected chi connectivity index (χ3v) is 1.62. The molecule has 1 unspecified atom stereocenters. The average Bonchev–Trinajstić information content (AvgIpc) is 2.15. The number of benzene rings is 1. The van der Waals surface area contributed by atoms with Gasteiger partial charge < -0.3 is 15.6 Å². The van der Waals surface area contributed by atoms with E-state index in [9.17, 15) is 0 Å². The highest BCUT2D eigenvalue weighted by Gasteiger charge is 1.96. The maximum atomic E-state index is 8.79. The molecule has 3 N–H and O–H groups in total. The number of rotatable bonds is 4. The van der Waals surface area contributed by atoms with Crippen LogP contribution in [0.3, 0.4) is 0 Å². The summed E-state index contributed by atoms with van der Waals surface area (Å²) >= 11 is 0. The zero-order valence-electron chi connectivity index (χ0n) is 7.73. The zero-order chi connectivity index (χ0) is 9.68. The first-order valence-corrected chi connectivity index (χ1v) is 4.30. The van der Waals surface area contributed by atoms with Crippen LogP contribution in [0.15, 0.2) is 24.3 Å². The van der Waals surface area contributed by atoms with Gasteiger partial charge in [-0.25, -0.2) is 0 Å². The lowest BCUT2D eigenvalue weighted by Crippen LogP contribution is -2.23. The van der Waals surface area contributed by atoms with E-state index < -0.39 is 0 Å². The van der Waals surface area contributed by atoms with Gasteiger partial charge in [0.05, 0.1) is 6.61 Å². The Labute approximate surface area is 78.1 Å². The summed E-state index contributed by atoms with van der Waals surface area (Å²) < 4.78 is 5.36. The smallest absolute Gasteiger partial charge is 0.119 e. The summed E-state index contributed by atoms with van der Waals surface area (Å²) in [7, 11) is 0. The largest absolute Gasteiger partial charge is 0.492 e. The van der Waals surface area contributed by atoms with Gasteiger partial charge in [0.1, 0.15) is 12.4 Å². The maximum absolute atomic E-state index is 8.79. The van der Waals surface area contributed by atoms with E-state index in [0.717, 1.165) is 11.3 Å².